The van der Waals surface area contributed by atoms with Crippen LogP contribution in [0.25, 0.3) is 0 Å². The lowest BCUT2D eigenvalue weighted by Gasteiger charge is -2.10. The molecular weight excluding hydrogens is 220 g/mol. The van der Waals surface area contributed by atoms with Crippen LogP contribution in [0, 0.1) is 0 Å². The Hall–Kier alpha value is -0.450. The standard InChI is InChI=1S/C8H11BrN2O/c9-7-5-11-4-2-6(7)8(12)1-3-10/h2,4-5,8,12H,1,3,10H2/t8-/m1/s1. The average molecular weight is 231 g/mol. The van der Waals surface area contributed by atoms with Gasteiger partial charge in [-0.15, -0.1) is 0 Å². The minimum atomic E-state index is -0.493. The number of hydrogen-bond acceptors (Lipinski definition) is 3. The van der Waals surface area contributed by atoms with E-state index in [4.69, 9.17) is 5.73 Å². The Labute approximate surface area is 79.7 Å². The van der Waals surface area contributed by atoms with E-state index in [1.807, 2.05) is 0 Å². The number of halogens is 1. The first-order valence-corrected chi connectivity index (χ1v) is 4.52. The summed E-state index contributed by atoms with van der Waals surface area (Å²) >= 11 is 3.30. The van der Waals surface area contributed by atoms with E-state index in [2.05, 4.69) is 20.9 Å². The summed E-state index contributed by atoms with van der Waals surface area (Å²) in [5.41, 5.74) is 6.17. The van der Waals surface area contributed by atoms with Crippen LogP contribution in [-0.4, -0.2) is 16.6 Å². The molecule has 0 unspecified atom stereocenters. The molecule has 0 aliphatic rings. The Kier molecular flexibility index (Phi) is 3.65. The molecule has 66 valence electrons. The van der Waals surface area contributed by atoms with Crippen molar-refractivity contribution in [1.29, 1.82) is 0 Å². The number of nitrogens with zero attached hydrogens (tertiary/aromatic N) is 1. The molecule has 1 aromatic rings. The second-order valence-electron chi connectivity index (χ2n) is 2.49. The fourth-order valence-electron chi connectivity index (χ4n) is 0.970. The second-order valence-corrected chi connectivity index (χ2v) is 3.34. The van der Waals surface area contributed by atoms with Crippen molar-refractivity contribution in [2.45, 2.75) is 12.5 Å². The summed E-state index contributed by atoms with van der Waals surface area (Å²) in [7, 11) is 0. The number of aliphatic hydroxyl groups is 1. The van der Waals surface area contributed by atoms with E-state index in [1.165, 1.54) is 0 Å². The molecule has 1 heterocycles. The highest BCUT2D eigenvalue weighted by Crippen LogP contribution is 2.23. The Morgan fingerprint density at radius 2 is 2.42 bits per heavy atom. The Balaban J connectivity index is 2.79. The summed E-state index contributed by atoms with van der Waals surface area (Å²) < 4.78 is 0.825. The molecular formula is C8H11BrN2O. The maximum atomic E-state index is 9.56. The first kappa shape index (κ1) is 9.64. The van der Waals surface area contributed by atoms with Crippen LogP contribution in [0.15, 0.2) is 22.9 Å². The van der Waals surface area contributed by atoms with Crippen molar-refractivity contribution < 1.29 is 5.11 Å². The minimum Gasteiger partial charge on any atom is -0.388 e. The quantitative estimate of drug-likeness (QED) is 0.822. The molecule has 0 fully saturated rings. The van der Waals surface area contributed by atoms with E-state index in [9.17, 15) is 5.11 Å². The second kappa shape index (κ2) is 4.54. The summed E-state index contributed by atoms with van der Waals surface area (Å²) in [5.74, 6) is 0. The van der Waals surface area contributed by atoms with Gasteiger partial charge in [0, 0.05) is 16.9 Å². The highest BCUT2D eigenvalue weighted by Gasteiger charge is 2.09. The molecule has 12 heavy (non-hydrogen) atoms. The number of aromatic nitrogens is 1. The fraction of sp³-hybridized carbons (Fsp3) is 0.375. The largest absolute Gasteiger partial charge is 0.388 e. The molecule has 3 N–H and O–H groups in total. The highest BCUT2D eigenvalue weighted by molar-refractivity contribution is 9.10. The van der Waals surface area contributed by atoms with Crippen molar-refractivity contribution in [3.63, 3.8) is 0 Å². The van der Waals surface area contributed by atoms with Crippen molar-refractivity contribution in [3.8, 4) is 0 Å². The van der Waals surface area contributed by atoms with Gasteiger partial charge in [0.1, 0.15) is 0 Å². The minimum absolute atomic E-state index is 0.482. The highest BCUT2D eigenvalue weighted by atomic mass is 79.9. The number of rotatable bonds is 3. The average Bonchev–Trinajstić information content (AvgIpc) is 2.05. The van der Waals surface area contributed by atoms with Crippen molar-refractivity contribution >= 4 is 15.9 Å². The topological polar surface area (TPSA) is 59.1 Å². The molecule has 0 saturated carbocycles. The Morgan fingerprint density at radius 1 is 1.67 bits per heavy atom. The van der Waals surface area contributed by atoms with Crippen LogP contribution in [0.3, 0.4) is 0 Å². The van der Waals surface area contributed by atoms with Gasteiger partial charge in [-0.05, 0) is 40.5 Å². The van der Waals surface area contributed by atoms with E-state index in [-0.39, 0.29) is 0 Å². The molecule has 3 nitrogen and oxygen atoms in total. The van der Waals surface area contributed by atoms with E-state index in [1.54, 1.807) is 18.5 Å². The monoisotopic (exact) mass is 230 g/mol. The number of hydrogen-bond donors (Lipinski definition) is 2. The molecule has 1 atom stereocenters. The predicted octanol–water partition coefficient (Wildman–Crippen LogP) is 1.23. The zero-order valence-electron chi connectivity index (χ0n) is 6.57. The molecule has 0 radical (unpaired) electrons. The van der Waals surface area contributed by atoms with Crippen LogP contribution < -0.4 is 5.73 Å². The summed E-state index contributed by atoms with van der Waals surface area (Å²) in [6.45, 7) is 0.482. The zero-order valence-corrected chi connectivity index (χ0v) is 8.16. The van der Waals surface area contributed by atoms with Crippen LogP contribution >= 0.6 is 15.9 Å². The summed E-state index contributed by atoms with van der Waals surface area (Å²) in [5, 5.41) is 9.56. The maximum absolute atomic E-state index is 9.56. The van der Waals surface area contributed by atoms with Crippen molar-refractivity contribution in [2.24, 2.45) is 5.73 Å². The van der Waals surface area contributed by atoms with Crippen molar-refractivity contribution in [1.82, 2.24) is 4.98 Å². The first-order chi connectivity index (χ1) is 5.75. The molecule has 0 spiro atoms. The lowest BCUT2D eigenvalue weighted by atomic mass is 10.1. The molecule has 1 aromatic heterocycles. The van der Waals surface area contributed by atoms with Gasteiger partial charge in [0.05, 0.1) is 6.10 Å². The zero-order chi connectivity index (χ0) is 8.97. The molecule has 1 rings (SSSR count). The van der Waals surface area contributed by atoms with Crippen molar-refractivity contribution in [3.05, 3.63) is 28.5 Å². The number of nitrogens with two attached hydrogens (primary N) is 1. The molecule has 0 bridgehead atoms. The third kappa shape index (κ3) is 2.27. The molecule has 4 heteroatoms. The van der Waals surface area contributed by atoms with Crippen molar-refractivity contribution in [2.75, 3.05) is 6.54 Å². The Bertz CT molecular complexity index is 255. The van der Waals surface area contributed by atoms with Gasteiger partial charge in [-0.25, -0.2) is 0 Å². The summed E-state index contributed by atoms with van der Waals surface area (Å²) in [4.78, 5) is 3.90. The van der Waals surface area contributed by atoms with Gasteiger partial charge in [0.25, 0.3) is 0 Å². The van der Waals surface area contributed by atoms with Crippen LogP contribution in [-0.2, 0) is 0 Å². The predicted molar refractivity (Wildman–Crippen MR) is 50.6 cm³/mol. The van der Waals surface area contributed by atoms with E-state index >= 15 is 0 Å². The Morgan fingerprint density at radius 3 is 3.00 bits per heavy atom. The van der Waals surface area contributed by atoms with Gasteiger partial charge in [0.15, 0.2) is 0 Å². The molecule has 0 aliphatic carbocycles. The van der Waals surface area contributed by atoms with Crippen LogP contribution in [0.1, 0.15) is 18.1 Å². The van der Waals surface area contributed by atoms with E-state index < -0.39 is 6.10 Å². The van der Waals surface area contributed by atoms with Gasteiger partial charge in [-0.2, -0.15) is 0 Å². The van der Waals surface area contributed by atoms with E-state index in [0.717, 1.165) is 10.0 Å². The third-order valence-electron chi connectivity index (χ3n) is 1.60. The molecule has 0 amide bonds. The summed E-state index contributed by atoms with van der Waals surface area (Å²) in [6, 6.07) is 1.78. The lowest BCUT2D eigenvalue weighted by molar-refractivity contribution is 0.169. The first-order valence-electron chi connectivity index (χ1n) is 3.73. The summed E-state index contributed by atoms with van der Waals surface area (Å²) in [6.07, 6.45) is 3.39. The normalized spacial score (nSPS) is 12.9. The van der Waals surface area contributed by atoms with E-state index in [0.29, 0.717) is 13.0 Å². The van der Waals surface area contributed by atoms with Gasteiger partial charge in [-0.1, -0.05) is 0 Å². The third-order valence-corrected chi connectivity index (χ3v) is 2.27. The molecule has 0 aromatic carbocycles. The fourth-order valence-corrected chi connectivity index (χ4v) is 1.48. The van der Waals surface area contributed by atoms with Gasteiger partial charge in [0.2, 0.25) is 0 Å². The number of aliphatic hydroxyl groups excluding tert-OH is 1. The SMILES string of the molecule is NCC[C@@H](O)c1ccncc1Br. The lowest BCUT2D eigenvalue weighted by Crippen LogP contribution is -2.07. The van der Waals surface area contributed by atoms with Gasteiger partial charge >= 0.3 is 0 Å². The van der Waals surface area contributed by atoms with Crippen LogP contribution in [0.4, 0.5) is 0 Å². The maximum Gasteiger partial charge on any atom is 0.0814 e. The van der Waals surface area contributed by atoms with Crippen LogP contribution in [0.5, 0.6) is 0 Å². The smallest absolute Gasteiger partial charge is 0.0814 e. The van der Waals surface area contributed by atoms with Gasteiger partial charge < -0.3 is 10.8 Å². The molecule has 0 aliphatic heterocycles. The number of pyridine rings is 1. The van der Waals surface area contributed by atoms with Gasteiger partial charge in [-0.3, -0.25) is 4.98 Å². The van der Waals surface area contributed by atoms with Crippen LogP contribution in [0.2, 0.25) is 0 Å². The molecule has 0 saturated heterocycles.